The van der Waals surface area contributed by atoms with E-state index in [9.17, 15) is 0 Å². The Morgan fingerprint density at radius 1 is 1.43 bits per heavy atom. The van der Waals surface area contributed by atoms with Gasteiger partial charge in [-0.25, -0.2) is 0 Å². The van der Waals surface area contributed by atoms with E-state index in [0.29, 0.717) is 0 Å². The van der Waals surface area contributed by atoms with Gasteiger partial charge in [0.25, 0.3) is 0 Å². The van der Waals surface area contributed by atoms with Crippen molar-refractivity contribution in [1.29, 1.82) is 0 Å². The van der Waals surface area contributed by atoms with E-state index in [2.05, 4.69) is 6.92 Å². The summed E-state index contributed by atoms with van der Waals surface area (Å²) < 4.78 is 0. The molecule has 2 bridgehead atoms. The Hall–Kier alpha value is -0.260. The van der Waals surface area contributed by atoms with Crippen molar-refractivity contribution < 1.29 is 0 Å². The van der Waals surface area contributed by atoms with Gasteiger partial charge in [-0.2, -0.15) is 0 Å². The van der Waals surface area contributed by atoms with Crippen LogP contribution in [0.5, 0.6) is 0 Å². The molecular weight excluding hydrogens is 168 g/mol. The van der Waals surface area contributed by atoms with Gasteiger partial charge in [0.15, 0.2) is 0 Å². The summed E-state index contributed by atoms with van der Waals surface area (Å²) in [6, 6.07) is 0. The summed E-state index contributed by atoms with van der Waals surface area (Å²) in [4.78, 5) is 0. The second-order valence-electron chi connectivity index (χ2n) is 5.43. The van der Waals surface area contributed by atoms with Crippen molar-refractivity contribution in [2.24, 2.45) is 17.3 Å². The predicted octanol–water partition coefficient (Wildman–Crippen LogP) is 4.36. The van der Waals surface area contributed by atoms with Crippen molar-refractivity contribution >= 4 is 0 Å². The Labute approximate surface area is 88.8 Å². The van der Waals surface area contributed by atoms with Crippen LogP contribution in [0.3, 0.4) is 0 Å². The summed E-state index contributed by atoms with van der Waals surface area (Å²) in [5.41, 5.74) is 0.752. The van der Waals surface area contributed by atoms with Crippen molar-refractivity contribution in [2.75, 3.05) is 0 Å². The van der Waals surface area contributed by atoms with Crippen LogP contribution >= 0.6 is 0 Å². The molecule has 0 aromatic rings. The summed E-state index contributed by atoms with van der Waals surface area (Å²) in [5, 5.41) is 0. The van der Waals surface area contributed by atoms with E-state index in [1.807, 2.05) is 6.08 Å². The van der Waals surface area contributed by atoms with E-state index in [1.165, 1.54) is 44.9 Å². The summed E-state index contributed by atoms with van der Waals surface area (Å²) in [6.45, 7) is 7.86. The van der Waals surface area contributed by atoms with E-state index >= 15 is 0 Å². The molecule has 1 atom stereocenters. The van der Waals surface area contributed by atoms with Gasteiger partial charge in [0.2, 0.25) is 0 Å². The number of allylic oxidation sites excluding steroid dienone is 1. The minimum absolute atomic E-state index is 0.752. The molecular formula is C14H23. The van der Waals surface area contributed by atoms with Crippen LogP contribution in [0.4, 0.5) is 0 Å². The number of hydrogen-bond donors (Lipinski definition) is 0. The number of rotatable bonds is 5. The summed E-state index contributed by atoms with van der Waals surface area (Å²) >= 11 is 0. The fourth-order valence-corrected chi connectivity index (χ4v) is 4.05. The zero-order valence-electron chi connectivity index (χ0n) is 9.47. The Kier molecular flexibility index (Phi) is 2.99. The molecule has 0 aromatic carbocycles. The fourth-order valence-electron chi connectivity index (χ4n) is 4.05. The van der Waals surface area contributed by atoms with Gasteiger partial charge < -0.3 is 0 Å². The molecule has 0 heteroatoms. The molecule has 0 spiro atoms. The molecule has 2 aliphatic rings. The van der Waals surface area contributed by atoms with E-state index in [4.69, 9.17) is 6.58 Å². The lowest BCUT2D eigenvalue weighted by molar-refractivity contribution is 0.153. The smallest absolute Gasteiger partial charge is 0.0266 e. The molecule has 14 heavy (non-hydrogen) atoms. The van der Waals surface area contributed by atoms with Crippen LogP contribution in [-0.2, 0) is 0 Å². The Morgan fingerprint density at radius 3 is 2.57 bits per heavy atom. The number of hydrogen-bond acceptors (Lipinski definition) is 0. The van der Waals surface area contributed by atoms with Crippen molar-refractivity contribution in [3.63, 3.8) is 0 Å². The van der Waals surface area contributed by atoms with E-state index in [0.717, 1.165) is 23.7 Å². The van der Waals surface area contributed by atoms with Gasteiger partial charge in [0.1, 0.15) is 0 Å². The molecule has 79 valence electrons. The van der Waals surface area contributed by atoms with Crippen molar-refractivity contribution in [1.82, 2.24) is 0 Å². The topological polar surface area (TPSA) is 0 Å². The molecule has 0 aliphatic heterocycles. The minimum atomic E-state index is 0.752. The highest BCUT2D eigenvalue weighted by atomic mass is 14.5. The second kappa shape index (κ2) is 4.08. The Balaban J connectivity index is 1.99. The highest BCUT2D eigenvalue weighted by Crippen LogP contribution is 2.59. The summed E-state index contributed by atoms with van der Waals surface area (Å²) in [7, 11) is 0. The van der Waals surface area contributed by atoms with Crippen LogP contribution in [0.2, 0.25) is 0 Å². The first kappa shape index (κ1) is 10.3. The highest BCUT2D eigenvalue weighted by molar-refractivity contribution is 4.99. The molecule has 0 saturated heterocycles. The SMILES string of the molecule is [CH]=CCCC(CC)C12CCC(CC1)C2. The van der Waals surface area contributed by atoms with Crippen LogP contribution in [-0.4, -0.2) is 0 Å². The third-order valence-electron chi connectivity index (χ3n) is 4.84. The second-order valence-corrected chi connectivity index (χ2v) is 5.43. The van der Waals surface area contributed by atoms with E-state index in [1.54, 1.807) is 0 Å². The highest BCUT2D eigenvalue weighted by Gasteiger charge is 2.48. The maximum Gasteiger partial charge on any atom is -0.0266 e. The van der Waals surface area contributed by atoms with Gasteiger partial charge in [-0.15, -0.1) is 0 Å². The van der Waals surface area contributed by atoms with Gasteiger partial charge in [-0.05, 0) is 62.2 Å². The van der Waals surface area contributed by atoms with Gasteiger partial charge in [0, 0.05) is 0 Å². The first-order chi connectivity index (χ1) is 6.80. The molecule has 2 aliphatic carbocycles. The van der Waals surface area contributed by atoms with Crippen molar-refractivity contribution in [3.05, 3.63) is 12.7 Å². The molecule has 2 rings (SSSR count). The van der Waals surface area contributed by atoms with E-state index in [-0.39, 0.29) is 0 Å². The van der Waals surface area contributed by atoms with Gasteiger partial charge in [-0.1, -0.05) is 26.0 Å². The average Bonchev–Trinajstić information content (AvgIpc) is 2.79. The van der Waals surface area contributed by atoms with Crippen LogP contribution in [0, 0.1) is 23.8 Å². The molecule has 0 amide bonds. The summed E-state index contributed by atoms with van der Waals surface area (Å²) in [5.74, 6) is 2.04. The molecule has 2 fully saturated rings. The zero-order chi connectivity index (χ0) is 10.0. The van der Waals surface area contributed by atoms with Gasteiger partial charge in [-0.3, -0.25) is 0 Å². The largest absolute Gasteiger partial charge is 0.0845 e. The lowest BCUT2D eigenvalue weighted by Gasteiger charge is -2.35. The molecule has 0 N–H and O–H groups in total. The average molecular weight is 191 g/mol. The summed E-state index contributed by atoms with van der Waals surface area (Å²) in [6.07, 6.45) is 13.3. The van der Waals surface area contributed by atoms with Crippen LogP contribution < -0.4 is 0 Å². The maximum absolute atomic E-state index is 5.50. The Bertz CT molecular complexity index is 196. The molecule has 2 saturated carbocycles. The normalized spacial score (nSPS) is 37.4. The van der Waals surface area contributed by atoms with Crippen molar-refractivity contribution in [3.8, 4) is 0 Å². The molecule has 1 unspecified atom stereocenters. The minimum Gasteiger partial charge on any atom is -0.0845 e. The van der Waals surface area contributed by atoms with Gasteiger partial charge in [0.05, 0.1) is 0 Å². The lowest BCUT2D eigenvalue weighted by Crippen LogP contribution is -2.25. The monoisotopic (exact) mass is 191 g/mol. The molecule has 0 nitrogen and oxygen atoms in total. The predicted molar refractivity (Wildman–Crippen MR) is 60.9 cm³/mol. The van der Waals surface area contributed by atoms with E-state index < -0.39 is 0 Å². The first-order valence-corrected chi connectivity index (χ1v) is 6.34. The third kappa shape index (κ3) is 1.64. The molecule has 1 radical (unpaired) electrons. The number of fused-ring (bicyclic) bond motifs is 2. The Morgan fingerprint density at radius 2 is 2.14 bits per heavy atom. The molecule has 0 heterocycles. The quantitative estimate of drug-likeness (QED) is 0.605. The molecule has 0 aromatic heterocycles. The fraction of sp³-hybridized carbons (Fsp3) is 0.857. The lowest BCUT2D eigenvalue weighted by atomic mass is 9.70. The van der Waals surface area contributed by atoms with Crippen LogP contribution in [0.25, 0.3) is 0 Å². The maximum atomic E-state index is 5.50. The first-order valence-electron chi connectivity index (χ1n) is 6.34. The third-order valence-corrected chi connectivity index (χ3v) is 4.84. The standard InChI is InChI=1S/C14H23/c1-3-5-6-13(4-2)14-9-7-12(11-14)8-10-14/h1,3,12-13H,4-11H2,2H3. The van der Waals surface area contributed by atoms with Crippen LogP contribution in [0.1, 0.15) is 58.3 Å². The zero-order valence-corrected chi connectivity index (χ0v) is 9.47. The van der Waals surface area contributed by atoms with Crippen molar-refractivity contribution in [2.45, 2.75) is 58.3 Å². The van der Waals surface area contributed by atoms with Crippen LogP contribution in [0.15, 0.2) is 6.08 Å². The van der Waals surface area contributed by atoms with Gasteiger partial charge >= 0.3 is 0 Å².